The number of hydrogen-bond acceptors (Lipinski definition) is 3. The van der Waals surface area contributed by atoms with Crippen LogP contribution in [0, 0.1) is 11.6 Å². The molecule has 0 saturated carbocycles. The molecule has 0 aliphatic rings. The highest BCUT2D eigenvalue weighted by Crippen LogP contribution is 2.26. The van der Waals surface area contributed by atoms with E-state index < -0.39 is 23.6 Å². The van der Waals surface area contributed by atoms with Gasteiger partial charge in [-0.3, -0.25) is 4.79 Å². The average molecular weight is 456 g/mol. The van der Waals surface area contributed by atoms with Gasteiger partial charge in [0.15, 0.2) is 0 Å². The van der Waals surface area contributed by atoms with Gasteiger partial charge in [-0.1, -0.05) is 39.0 Å². The number of carbonyl (C=O) groups is 2. The van der Waals surface area contributed by atoms with Crippen LogP contribution in [0.5, 0.6) is 0 Å². The number of amides is 3. The monoisotopic (exact) mass is 455 g/mol. The number of hydrogen-bond donors (Lipinski definition) is 2. The van der Waals surface area contributed by atoms with Crippen molar-refractivity contribution in [3.05, 3.63) is 71.9 Å². The van der Waals surface area contributed by atoms with Crippen molar-refractivity contribution in [1.29, 1.82) is 0 Å². The first kappa shape index (κ1) is 23.9. The molecule has 0 bridgehead atoms. The van der Waals surface area contributed by atoms with Crippen LogP contribution in [-0.2, 0) is 10.2 Å². The standard InChI is InChI=1S/C24H27F2N5O2/c1-5-30(23(33)27-19-12-11-16(25)13-18(19)26)15-22(32)28-21-14-20(24(2,3)4)29-31(21)17-9-7-6-8-10-17/h6-14H,5,15H2,1-4H3,(H,27,33)(H,28,32). The van der Waals surface area contributed by atoms with E-state index in [1.54, 1.807) is 17.7 Å². The van der Waals surface area contributed by atoms with E-state index >= 15 is 0 Å². The number of urea groups is 1. The van der Waals surface area contributed by atoms with E-state index in [1.165, 1.54) is 4.90 Å². The summed E-state index contributed by atoms with van der Waals surface area (Å²) >= 11 is 0. The molecule has 33 heavy (non-hydrogen) atoms. The molecule has 1 aromatic heterocycles. The zero-order valence-corrected chi connectivity index (χ0v) is 19.0. The predicted molar refractivity (Wildman–Crippen MR) is 124 cm³/mol. The lowest BCUT2D eigenvalue weighted by atomic mass is 9.92. The SMILES string of the molecule is CCN(CC(=O)Nc1cc(C(C)(C)C)nn1-c1ccccc1)C(=O)Nc1ccc(F)cc1F. The lowest BCUT2D eigenvalue weighted by molar-refractivity contribution is -0.116. The Labute approximate surface area is 191 Å². The summed E-state index contributed by atoms with van der Waals surface area (Å²) in [4.78, 5) is 26.6. The zero-order chi connectivity index (χ0) is 24.2. The van der Waals surface area contributed by atoms with E-state index in [0.29, 0.717) is 11.9 Å². The minimum atomic E-state index is -0.898. The summed E-state index contributed by atoms with van der Waals surface area (Å²) < 4.78 is 28.6. The molecule has 0 spiro atoms. The van der Waals surface area contributed by atoms with Crippen LogP contribution in [0.15, 0.2) is 54.6 Å². The van der Waals surface area contributed by atoms with E-state index in [-0.39, 0.29) is 24.2 Å². The molecule has 1 heterocycles. The molecule has 7 nitrogen and oxygen atoms in total. The topological polar surface area (TPSA) is 79.3 Å². The summed E-state index contributed by atoms with van der Waals surface area (Å²) in [7, 11) is 0. The molecule has 3 amide bonds. The summed E-state index contributed by atoms with van der Waals surface area (Å²) in [6, 6.07) is 13.3. The van der Waals surface area contributed by atoms with Gasteiger partial charge < -0.3 is 15.5 Å². The molecular formula is C24H27F2N5O2. The largest absolute Gasteiger partial charge is 0.322 e. The fraction of sp³-hybridized carbons (Fsp3) is 0.292. The molecule has 2 N–H and O–H groups in total. The smallest absolute Gasteiger partial charge is 0.315 e. The number of nitrogens with one attached hydrogen (secondary N) is 2. The highest BCUT2D eigenvalue weighted by Gasteiger charge is 2.23. The first-order valence-electron chi connectivity index (χ1n) is 10.5. The molecule has 0 radical (unpaired) electrons. The minimum Gasteiger partial charge on any atom is -0.315 e. The van der Waals surface area contributed by atoms with Crippen LogP contribution in [0.1, 0.15) is 33.4 Å². The Morgan fingerprint density at radius 1 is 1.03 bits per heavy atom. The van der Waals surface area contributed by atoms with Crippen LogP contribution in [0.4, 0.5) is 25.1 Å². The van der Waals surface area contributed by atoms with Crippen LogP contribution in [0.25, 0.3) is 5.69 Å². The molecule has 0 aliphatic carbocycles. The molecular weight excluding hydrogens is 428 g/mol. The van der Waals surface area contributed by atoms with Crippen molar-refractivity contribution in [2.45, 2.75) is 33.1 Å². The first-order valence-corrected chi connectivity index (χ1v) is 10.5. The second-order valence-corrected chi connectivity index (χ2v) is 8.53. The Kier molecular flexibility index (Phi) is 7.10. The van der Waals surface area contributed by atoms with Crippen LogP contribution >= 0.6 is 0 Å². The van der Waals surface area contributed by atoms with Gasteiger partial charge in [-0.15, -0.1) is 0 Å². The fourth-order valence-corrected chi connectivity index (χ4v) is 3.07. The number of halogens is 2. The van der Waals surface area contributed by atoms with Crippen molar-refractivity contribution in [3.63, 3.8) is 0 Å². The maximum absolute atomic E-state index is 13.9. The van der Waals surface area contributed by atoms with Gasteiger partial charge in [0, 0.05) is 24.1 Å². The Hall–Kier alpha value is -3.75. The lowest BCUT2D eigenvalue weighted by Crippen LogP contribution is -2.40. The fourth-order valence-electron chi connectivity index (χ4n) is 3.07. The Balaban J connectivity index is 1.76. The summed E-state index contributed by atoms with van der Waals surface area (Å²) in [5.74, 6) is -1.62. The normalized spacial score (nSPS) is 11.2. The van der Waals surface area contributed by atoms with E-state index in [9.17, 15) is 18.4 Å². The van der Waals surface area contributed by atoms with E-state index in [1.807, 2.05) is 51.1 Å². The van der Waals surface area contributed by atoms with Crippen molar-refractivity contribution < 1.29 is 18.4 Å². The maximum Gasteiger partial charge on any atom is 0.322 e. The van der Waals surface area contributed by atoms with Crippen LogP contribution in [0.3, 0.4) is 0 Å². The third kappa shape index (κ3) is 5.94. The molecule has 2 aromatic carbocycles. The van der Waals surface area contributed by atoms with Crippen LogP contribution in [-0.4, -0.2) is 39.7 Å². The van der Waals surface area contributed by atoms with Crippen molar-refractivity contribution in [2.24, 2.45) is 0 Å². The number of anilines is 2. The lowest BCUT2D eigenvalue weighted by Gasteiger charge is -2.21. The molecule has 0 aliphatic heterocycles. The molecule has 0 atom stereocenters. The van der Waals surface area contributed by atoms with E-state index in [2.05, 4.69) is 15.7 Å². The quantitative estimate of drug-likeness (QED) is 0.553. The first-order chi connectivity index (χ1) is 15.6. The molecule has 0 unspecified atom stereocenters. The number of para-hydroxylation sites is 1. The minimum absolute atomic E-state index is 0.169. The van der Waals surface area contributed by atoms with E-state index in [0.717, 1.165) is 23.5 Å². The van der Waals surface area contributed by atoms with Gasteiger partial charge in [0.25, 0.3) is 0 Å². The maximum atomic E-state index is 13.9. The second kappa shape index (κ2) is 9.81. The Bertz CT molecular complexity index is 1140. The van der Waals surface area contributed by atoms with Gasteiger partial charge in [0.05, 0.1) is 17.1 Å². The molecule has 9 heteroatoms. The molecule has 3 aromatic rings. The van der Waals surface area contributed by atoms with Crippen molar-refractivity contribution >= 4 is 23.4 Å². The Morgan fingerprint density at radius 3 is 2.33 bits per heavy atom. The van der Waals surface area contributed by atoms with Gasteiger partial charge in [0.1, 0.15) is 24.0 Å². The summed E-state index contributed by atoms with van der Waals surface area (Å²) in [5.41, 5.74) is 1.16. The van der Waals surface area contributed by atoms with Gasteiger partial charge in [-0.25, -0.2) is 18.3 Å². The highest BCUT2D eigenvalue weighted by molar-refractivity contribution is 5.96. The van der Waals surface area contributed by atoms with Crippen molar-refractivity contribution in [2.75, 3.05) is 23.7 Å². The third-order valence-corrected chi connectivity index (χ3v) is 4.92. The number of aromatic nitrogens is 2. The molecule has 0 saturated heterocycles. The van der Waals surface area contributed by atoms with Crippen molar-refractivity contribution in [3.8, 4) is 5.69 Å². The summed E-state index contributed by atoms with van der Waals surface area (Å²) in [6.07, 6.45) is 0. The predicted octanol–water partition coefficient (Wildman–Crippen LogP) is 4.94. The molecule has 174 valence electrons. The van der Waals surface area contributed by atoms with Gasteiger partial charge >= 0.3 is 6.03 Å². The second-order valence-electron chi connectivity index (χ2n) is 8.53. The van der Waals surface area contributed by atoms with E-state index in [4.69, 9.17) is 0 Å². The van der Waals surface area contributed by atoms with Crippen LogP contribution < -0.4 is 10.6 Å². The summed E-state index contributed by atoms with van der Waals surface area (Å²) in [5, 5.41) is 9.84. The van der Waals surface area contributed by atoms with Gasteiger partial charge in [-0.2, -0.15) is 5.10 Å². The number of nitrogens with zero attached hydrogens (tertiary/aromatic N) is 3. The molecule has 0 fully saturated rings. The molecule has 3 rings (SSSR count). The number of benzene rings is 2. The summed E-state index contributed by atoms with van der Waals surface area (Å²) in [6.45, 7) is 7.69. The van der Waals surface area contributed by atoms with Gasteiger partial charge in [0.2, 0.25) is 5.91 Å². The number of rotatable bonds is 6. The van der Waals surface area contributed by atoms with Crippen LogP contribution in [0.2, 0.25) is 0 Å². The van der Waals surface area contributed by atoms with Gasteiger partial charge in [-0.05, 0) is 31.2 Å². The average Bonchev–Trinajstić information content (AvgIpc) is 3.18. The number of likely N-dealkylation sites (N-methyl/N-ethyl adjacent to an activating group) is 1. The highest BCUT2D eigenvalue weighted by atomic mass is 19.1. The third-order valence-electron chi connectivity index (χ3n) is 4.92. The zero-order valence-electron chi connectivity index (χ0n) is 19.0. The van der Waals surface area contributed by atoms with Crippen molar-refractivity contribution in [1.82, 2.24) is 14.7 Å². The number of carbonyl (C=O) groups excluding carboxylic acids is 2. The Morgan fingerprint density at radius 2 is 1.73 bits per heavy atom.